The van der Waals surface area contributed by atoms with Crippen LogP contribution in [0.25, 0.3) is 0 Å². The molecule has 1 aliphatic rings. The number of hydrogen-bond donors (Lipinski definition) is 1. The molecule has 1 heterocycles. The molecule has 2 rings (SSSR count). The zero-order valence-electron chi connectivity index (χ0n) is 9.77. The first kappa shape index (κ1) is 11.6. The third-order valence-electron chi connectivity index (χ3n) is 3.60. The van der Waals surface area contributed by atoms with Gasteiger partial charge in [0.25, 0.3) is 5.56 Å². The largest absolute Gasteiger partial charge is 0.328 e. The summed E-state index contributed by atoms with van der Waals surface area (Å²) >= 11 is 0. The summed E-state index contributed by atoms with van der Waals surface area (Å²) in [6, 6.07) is 1.80. The van der Waals surface area contributed by atoms with Crippen molar-refractivity contribution in [3.8, 4) is 6.07 Å². The number of nitriles is 1. The van der Waals surface area contributed by atoms with Crippen LogP contribution < -0.4 is 11.2 Å². The monoisotopic (exact) mass is 233 g/mol. The van der Waals surface area contributed by atoms with Gasteiger partial charge in [0.1, 0.15) is 11.6 Å². The average Bonchev–Trinajstić information content (AvgIpc) is 2.68. The third-order valence-corrected chi connectivity index (χ3v) is 3.60. The molecule has 17 heavy (non-hydrogen) atoms. The Labute approximate surface area is 98.7 Å². The molecule has 0 radical (unpaired) electrons. The molecule has 2 unspecified atom stereocenters. The fourth-order valence-electron chi connectivity index (χ4n) is 2.47. The molecule has 90 valence electrons. The van der Waals surface area contributed by atoms with Gasteiger partial charge in [0, 0.05) is 12.7 Å². The van der Waals surface area contributed by atoms with Crippen LogP contribution in [0.5, 0.6) is 0 Å². The van der Waals surface area contributed by atoms with Gasteiger partial charge in [0.15, 0.2) is 0 Å². The fourth-order valence-corrected chi connectivity index (χ4v) is 2.47. The Balaban J connectivity index is 2.30. The van der Waals surface area contributed by atoms with E-state index in [0.717, 1.165) is 6.42 Å². The van der Waals surface area contributed by atoms with Gasteiger partial charge in [-0.25, -0.2) is 4.79 Å². The second kappa shape index (κ2) is 4.58. The molecule has 1 N–H and O–H groups in total. The minimum Gasteiger partial charge on any atom is -0.299 e. The quantitative estimate of drug-likeness (QED) is 0.822. The Morgan fingerprint density at radius 3 is 2.88 bits per heavy atom. The van der Waals surface area contributed by atoms with E-state index in [1.54, 1.807) is 6.07 Å². The number of aromatic amines is 1. The van der Waals surface area contributed by atoms with E-state index >= 15 is 0 Å². The Hall–Kier alpha value is -1.83. The van der Waals surface area contributed by atoms with E-state index in [9.17, 15) is 9.59 Å². The summed E-state index contributed by atoms with van der Waals surface area (Å²) in [7, 11) is 0. The van der Waals surface area contributed by atoms with Gasteiger partial charge >= 0.3 is 5.69 Å². The lowest BCUT2D eigenvalue weighted by Gasteiger charge is -2.16. The van der Waals surface area contributed by atoms with E-state index in [1.807, 2.05) is 0 Å². The van der Waals surface area contributed by atoms with Crippen LogP contribution >= 0.6 is 0 Å². The molecular formula is C12H15N3O2. The lowest BCUT2D eigenvalue weighted by Crippen LogP contribution is -2.33. The van der Waals surface area contributed by atoms with Crippen molar-refractivity contribution in [1.82, 2.24) is 9.55 Å². The van der Waals surface area contributed by atoms with E-state index in [4.69, 9.17) is 5.26 Å². The highest BCUT2D eigenvalue weighted by Crippen LogP contribution is 2.31. The second-order valence-corrected chi connectivity index (χ2v) is 4.73. The van der Waals surface area contributed by atoms with E-state index in [2.05, 4.69) is 11.9 Å². The van der Waals surface area contributed by atoms with Gasteiger partial charge in [0.05, 0.1) is 0 Å². The number of hydrogen-bond acceptors (Lipinski definition) is 3. The first-order valence-corrected chi connectivity index (χ1v) is 5.85. The minimum absolute atomic E-state index is 0.00440. The van der Waals surface area contributed by atoms with Crippen LogP contribution in [-0.2, 0) is 6.54 Å². The zero-order chi connectivity index (χ0) is 12.4. The molecule has 0 bridgehead atoms. The number of nitrogens with zero attached hydrogens (tertiary/aromatic N) is 2. The fraction of sp³-hybridized carbons (Fsp3) is 0.583. The first-order chi connectivity index (χ1) is 8.11. The van der Waals surface area contributed by atoms with Gasteiger partial charge in [0.2, 0.25) is 0 Å². The van der Waals surface area contributed by atoms with Crippen molar-refractivity contribution in [3.05, 3.63) is 32.6 Å². The molecule has 2 atom stereocenters. The molecule has 0 spiro atoms. The Bertz CT molecular complexity index is 564. The first-order valence-electron chi connectivity index (χ1n) is 5.85. The normalized spacial score (nSPS) is 23.5. The van der Waals surface area contributed by atoms with Crippen molar-refractivity contribution in [1.29, 1.82) is 5.26 Å². The van der Waals surface area contributed by atoms with Gasteiger partial charge in [-0.15, -0.1) is 0 Å². The summed E-state index contributed by atoms with van der Waals surface area (Å²) in [4.78, 5) is 25.0. The highest BCUT2D eigenvalue weighted by Gasteiger charge is 2.24. The van der Waals surface area contributed by atoms with Gasteiger partial charge in [-0.1, -0.05) is 19.8 Å². The maximum Gasteiger partial charge on any atom is 0.328 e. The summed E-state index contributed by atoms with van der Waals surface area (Å²) in [5.41, 5.74) is -1.03. The van der Waals surface area contributed by atoms with Crippen LogP contribution in [0.15, 0.2) is 15.8 Å². The van der Waals surface area contributed by atoms with Crippen LogP contribution in [0.3, 0.4) is 0 Å². The van der Waals surface area contributed by atoms with Crippen molar-refractivity contribution >= 4 is 0 Å². The Kier molecular flexibility index (Phi) is 3.14. The maximum absolute atomic E-state index is 11.6. The summed E-state index contributed by atoms with van der Waals surface area (Å²) in [6.45, 7) is 2.77. The molecule has 1 aromatic rings. The zero-order valence-corrected chi connectivity index (χ0v) is 9.77. The third kappa shape index (κ3) is 2.31. The van der Waals surface area contributed by atoms with Crippen molar-refractivity contribution in [3.63, 3.8) is 0 Å². The summed E-state index contributed by atoms with van der Waals surface area (Å²) in [5, 5.41) is 8.76. The van der Waals surface area contributed by atoms with Crippen molar-refractivity contribution in [2.24, 2.45) is 11.8 Å². The van der Waals surface area contributed by atoms with E-state index in [-0.39, 0.29) is 5.56 Å². The van der Waals surface area contributed by atoms with Crippen LogP contribution in [0.1, 0.15) is 31.7 Å². The van der Waals surface area contributed by atoms with Crippen molar-refractivity contribution in [2.75, 3.05) is 0 Å². The second-order valence-electron chi connectivity index (χ2n) is 4.73. The average molecular weight is 233 g/mol. The predicted octanol–water partition coefficient (Wildman–Crippen LogP) is 0.844. The molecule has 1 aromatic heterocycles. The van der Waals surface area contributed by atoms with Crippen LogP contribution in [0.2, 0.25) is 0 Å². The smallest absolute Gasteiger partial charge is 0.299 e. The summed E-state index contributed by atoms with van der Waals surface area (Å²) in [6.07, 6.45) is 4.85. The molecule has 0 amide bonds. The van der Waals surface area contributed by atoms with Crippen molar-refractivity contribution < 1.29 is 0 Å². The highest BCUT2D eigenvalue weighted by molar-refractivity contribution is 5.21. The van der Waals surface area contributed by atoms with Gasteiger partial charge in [-0.3, -0.25) is 14.3 Å². The Morgan fingerprint density at radius 2 is 2.29 bits per heavy atom. The molecule has 5 nitrogen and oxygen atoms in total. The summed E-state index contributed by atoms with van der Waals surface area (Å²) in [5.74, 6) is 1.06. The highest BCUT2D eigenvalue weighted by atomic mass is 16.2. The number of nitrogens with one attached hydrogen (secondary N) is 1. The van der Waals surface area contributed by atoms with Crippen LogP contribution in [0.4, 0.5) is 0 Å². The predicted molar refractivity (Wildman–Crippen MR) is 62.5 cm³/mol. The number of rotatable bonds is 2. The van der Waals surface area contributed by atoms with Crippen molar-refractivity contribution in [2.45, 2.75) is 32.7 Å². The maximum atomic E-state index is 11.6. The Morgan fingerprint density at radius 1 is 1.53 bits per heavy atom. The van der Waals surface area contributed by atoms with Gasteiger partial charge in [-0.05, 0) is 18.3 Å². The molecule has 1 fully saturated rings. The van der Waals surface area contributed by atoms with E-state index in [1.165, 1.54) is 23.6 Å². The molecule has 0 aliphatic heterocycles. The SMILES string of the molecule is CC1CCCC1Cn1cc(C#N)c(=O)[nH]c1=O. The minimum atomic E-state index is -0.603. The lowest BCUT2D eigenvalue weighted by molar-refractivity contribution is 0.356. The standard InChI is InChI=1S/C12H15N3O2/c1-8-3-2-4-9(8)6-15-7-10(5-13)11(16)14-12(15)17/h7-9H,2-4,6H2,1H3,(H,14,16,17). The van der Waals surface area contributed by atoms with E-state index < -0.39 is 11.2 Å². The molecule has 5 heteroatoms. The number of aromatic nitrogens is 2. The van der Waals surface area contributed by atoms with Crippen LogP contribution in [-0.4, -0.2) is 9.55 Å². The molecule has 0 aromatic carbocycles. The van der Waals surface area contributed by atoms with Gasteiger partial charge < -0.3 is 0 Å². The lowest BCUT2D eigenvalue weighted by atomic mass is 9.98. The molecular weight excluding hydrogens is 218 g/mol. The molecule has 1 aliphatic carbocycles. The van der Waals surface area contributed by atoms with Gasteiger partial charge in [-0.2, -0.15) is 5.26 Å². The van der Waals surface area contributed by atoms with E-state index in [0.29, 0.717) is 18.4 Å². The van der Waals surface area contributed by atoms with Crippen LogP contribution in [0, 0.1) is 23.2 Å². The summed E-state index contributed by atoms with van der Waals surface area (Å²) < 4.78 is 1.45. The molecule has 1 saturated carbocycles. The number of H-pyrrole nitrogens is 1. The molecule has 0 saturated heterocycles. The topological polar surface area (TPSA) is 78.7 Å².